The predicted molar refractivity (Wildman–Crippen MR) is 64.3 cm³/mol. The molecule has 7 heteroatoms. The largest absolute Gasteiger partial charge is 0.416 e. The van der Waals surface area contributed by atoms with E-state index in [1.165, 1.54) is 25.6 Å². The third kappa shape index (κ3) is 2.93. The van der Waals surface area contributed by atoms with E-state index in [2.05, 4.69) is 15.3 Å². The molecule has 0 amide bonds. The van der Waals surface area contributed by atoms with Crippen LogP contribution in [0.1, 0.15) is 22.9 Å². The Morgan fingerprint density at radius 3 is 2.50 bits per heavy atom. The topological polar surface area (TPSA) is 37.8 Å². The Hall–Kier alpha value is -2.02. The minimum absolute atomic E-state index is 0.222. The van der Waals surface area contributed by atoms with Gasteiger partial charge in [-0.25, -0.2) is 4.39 Å². The molecule has 0 bridgehead atoms. The molecule has 2 aromatic rings. The molecule has 0 saturated heterocycles. The molecule has 1 unspecified atom stereocenters. The highest BCUT2D eigenvalue weighted by molar-refractivity contribution is 5.37. The van der Waals surface area contributed by atoms with Crippen molar-refractivity contribution in [2.24, 2.45) is 0 Å². The molecule has 0 fully saturated rings. The second-order valence-corrected chi connectivity index (χ2v) is 4.08. The standard InChI is InChI=1S/C13H11F4N3/c1-18-12(11-7-19-4-5-20-11)9-6-8(14)2-3-10(9)13(15,16)17/h2-7,12,18H,1H3. The lowest BCUT2D eigenvalue weighted by atomic mass is 9.97. The van der Waals surface area contributed by atoms with E-state index in [1.54, 1.807) is 0 Å². The van der Waals surface area contributed by atoms with Crippen LogP contribution >= 0.6 is 0 Å². The second kappa shape index (κ2) is 5.54. The highest BCUT2D eigenvalue weighted by atomic mass is 19.4. The van der Waals surface area contributed by atoms with E-state index in [0.717, 1.165) is 18.2 Å². The zero-order chi connectivity index (χ0) is 14.8. The summed E-state index contributed by atoms with van der Waals surface area (Å²) in [5.41, 5.74) is -0.837. The van der Waals surface area contributed by atoms with Crippen LogP contribution in [0.2, 0.25) is 0 Å². The molecular weight excluding hydrogens is 274 g/mol. The molecular formula is C13H11F4N3. The van der Waals surface area contributed by atoms with Crippen molar-refractivity contribution < 1.29 is 17.6 Å². The van der Waals surface area contributed by atoms with Crippen molar-refractivity contribution >= 4 is 0 Å². The van der Waals surface area contributed by atoms with Crippen LogP contribution in [0.15, 0.2) is 36.8 Å². The number of nitrogens with zero attached hydrogens (tertiary/aromatic N) is 2. The van der Waals surface area contributed by atoms with Gasteiger partial charge in [-0.3, -0.25) is 9.97 Å². The number of benzene rings is 1. The maximum Gasteiger partial charge on any atom is 0.416 e. The lowest BCUT2D eigenvalue weighted by Gasteiger charge is -2.20. The fraction of sp³-hybridized carbons (Fsp3) is 0.231. The summed E-state index contributed by atoms with van der Waals surface area (Å²) < 4.78 is 52.3. The molecule has 2 rings (SSSR count). The van der Waals surface area contributed by atoms with Crippen molar-refractivity contribution in [1.82, 2.24) is 15.3 Å². The molecule has 1 aromatic heterocycles. The molecule has 1 heterocycles. The Morgan fingerprint density at radius 2 is 1.95 bits per heavy atom. The molecule has 1 N–H and O–H groups in total. The molecule has 0 saturated carbocycles. The van der Waals surface area contributed by atoms with Crippen molar-refractivity contribution in [3.63, 3.8) is 0 Å². The number of rotatable bonds is 3. The van der Waals surface area contributed by atoms with Gasteiger partial charge in [-0.05, 0) is 30.8 Å². The number of alkyl halides is 3. The third-order valence-corrected chi connectivity index (χ3v) is 2.80. The van der Waals surface area contributed by atoms with E-state index >= 15 is 0 Å². The molecule has 106 valence electrons. The van der Waals surface area contributed by atoms with Gasteiger partial charge in [-0.1, -0.05) is 0 Å². The summed E-state index contributed by atoms with van der Waals surface area (Å²) in [6.45, 7) is 0. The number of nitrogens with one attached hydrogen (secondary N) is 1. The molecule has 3 nitrogen and oxygen atoms in total. The Labute approximate surface area is 112 Å². The molecule has 0 radical (unpaired) electrons. The molecule has 1 atom stereocenters. The first-order valence-electron chi connectivity index (χ1n) is 5.73. The summed E-state index contributed by atoms with van der Waals surface area (Å²) in [7, 11) is 1.48. The van der Waals surface area contributed by atoms with Crippen molar-refractivity contribution in [3.05, 3.63) is 59.4 Å². The van der Waals surface area contributed by atoms with Crippen molar-refractivity contribution in [2.75, 3.05) is 7.05 Å². The van der Waals surface area contributed by atoms with E-state index in [9.17, 15) is 17.6 Å². The van der Waals surface area contributed by atoms with Gasteiger partial charge < -0.3 is 5.32 Å². The highest BCUT2D eigenvalue weighted by Gasteiger charge is 2.35. The van der Waals surface area contributed by atoms with Crippen LogP contribution in [0.3, 0.4) is 0 Å². The van der Waals surface area contributed by atoms with Gasteiger partial charge in [0.25, 0.3) is 0 Å². The first-order valence-corrected chi connectivity index (χ1v) is 5.73. The smallest absolute Gasteiger partial charge is 0.308 e. The molecule has 0 spiro atoms. The van der Waals surface area contributed by atoms with Crippen LogP contribution < -0.4 is 5.32 Å². The van der Waals surface area contributed by atoms with Crippen LogP contribution in [0.5, 0.6) is 0 Å². The maximum absolute atomic E-state index is 13.3. The number of aromatic nitrogens is 2. The van der Waals surface area contributed by atoms with Crippen molar-refractivity contribution in [2.45, 2.75) is 12.2 Å². The average Bonchev–Trinajstić information content (AvgIpc) is 2.39. The lowest BCUT2D eigenvalue weighted by Crippen LogP contribution is -2.23. The number of hydrogen-bond donors (Lipinski definition) is 1. The Balaban J connectivity index is 2.57. The average molecular weight is 285 g/mol. The quantitative estimate of drug-likeness (QED) is 0.881. The van der Waals surface area contributed by atoms with Crippen LogP contribution in [0, 0.1) is 5.82 Å². The van der Waals surface area contributed by atoms with Gasteiger partial charge in [0.1, 0.15) is 5.82 Å². The number of halogens is 4. The monoisotopic (exact) mass is 285 g/mol. The number of hydrogen-bond acceptors (Lipinski definition) is 3. The van der Waals surface area contributed by atoms with E-state index in [-0.39, 0.29) is 11.3 Å². The Kier molecular flexibility index (Phi) is 3.99. The van der Waals surface area contributed by atoms with Crippen molar-refractivity contribution in [1.29, 1.82) is 0 Å². The summed E-state index contributed by atoms with van der Waals surface area (Å²) in [4.78, 5) is 7.78. The molecule has 1 aromatic carbocycles. The zero-order valence-corrected chi connectivity index (χ0v) is 10.4. The molecule has 0 aliphatic carbocycles. The fourth-order valence-electron chi connectivity index (χ4n) is 1.95. The van der Waals surface area contributed by atoms with Gasteiger partial charge in [0.2, 0.25) is 0 Å². The van der Waals surface area contributed by atoms with Gasteiger partial charge in [0.15, 0.2) is 0 Å². The highest BCUT2D eigenvalue weighted by Crippen LogP contribution is 2.36. The van der Waals surface area contributed by atoms with Crippen LogP contribution in [-0.2, 0) is 6.18 Å². The summed E-state index contributed by atoms with van der Waals surface area (Å²) in [6.07, 6.45) is -0.453. The van der Waals surface area contributed by atoms with E-state index < -0.39 is 23.6 Å². The summed E-state index contributed by atoms with van der Waals surface area (Å²) in [6, 6.07) is 1.48. The second-order valence-electron chi connectivity index (χ2n) is 4.08. The van der Waals surface area contributed by atoms with Gasteiger partial charge >= 0.3 is 6.18 Å². The maximum atomic E-state index is 13.3. The van der Waals surface area contributed by atoms with Gasteiger partial charge in [-0.15, -0.1) is 0 Å². The predicted octanol–water partition coefficient (Wildman–Crippen LogP) is 2.94. The SMILES string of the molecule is CNC(c1cnccn1)c1cc(F)ccc1C(F)(F)F. The van der Waals surface area contributed by atoms with E-state index in [0.29, 0.717) is 0 Å². The van der Waals surface area contributed by atoms with E-state index in [4.69, 9.17) is 0 Å². The summed E-state index contributed by atoms with van der Waals surface area (Å²) >= 11 is 0. The minimum atomic E-state index is -4.57. The van der Waals surface area contributed by atoms with Crippen LogP contribution in [0.4, 0.5) is 17.6 Å². The fourth-order valence-corrected chi connectivity index (χ4v) is 1.95. The van der Waals surface area contributed by atoms with Gasteiger partial charge in [-0.2, -0.15) is 13.2 Å². The molecule has 20 heavy (non-hydrogen) atoms. The normalized spacial score (nSPS) is 13.2. The Morgan fingerprint density at radius 1 is 1.20 bits per heavy atom. The van der Waals surface area contributed by atoms with Crippen LogP contribution in [0.25, 0.3) is 0 Å². The molecule has 0 aliphatic heterocycles. The summed E-state index contributed by atoms with van der Waals surface area (Å²) in [5.74, 6) is -0.739. The van der Waals surface area contributed by atoms with Gasteiger partial charge in [0.05, 0.1) is 23.5 Å². The lowest BCUT2D eigenvalue weighted by molar-refractivity contribution is -0.138. The molecule has 0 aliphatic rings. The third-order valence-electron chi connectivity index (χ3n) is 2.80. The minimum Gasteiger partial charge on any atom is -0.308 e. The summed E-state index contributed by atoms with van der Waals surface area (Å²) in [5, 5.41) is 2.71. The first-order chi connectivity index (χ1) is 9.43. The van der Waals surface area contributed by atoms with Crippen molar-refractivity contribution in [3.8, 4) is 0 Å². The van der Waals surface area contributed by atoms with E-state index in [1.807, 2.05) is 0 Å². The Bertz CT molecular complexity index is 584. The zero-order valence-electron chi connectivity index (χ0n) is 10.4. The first kappa shape index (κ1) is 14.4. The van der Waals surface area contributed by atoms with Crippen LogP contribution in [-0.4, -0.2) is 17.0 Å². The van der Waals surface area contributed by atoms with Gasteiger partial charge in [0, 0.05) is 12.4 Å².